The first-order valence-corrected chi connectivity index (χ1v) is 10.8. The number of nitrogens with zero attached hydrogens (tertiary/aromatic N) is 3. The second-order valence-corrected chi connectivity index (χ2v) is 9.02. The molecule has 1 aliphatic rings. The molecular formula is C16H19Cl2N5O2S2. The van der Waals surface area contributed by atoms with E-state index in [2.05, 4.69) is 20.4 Å². The van der Waals surface area contributed by atoms with E-state index < -0.39 is 0 Å². The standard InChI is InChI=1S/C16H19Cl2N5O2S2/c17-12-2-1-10(5-13(12)18)7-23-3-4-25-11(8-23)6-20-14(24)9-26-16-22-21-15(19)27-16/h1-2,5,11H,3-4,6-9H2,(H2,19,21)(H,20,24). The van der Waals surface area contributed by atoms with Crippen LogP contribution in [0.2, 0.25) is 10.0 Å². The van der Waals surface area contributed by atoms with E-state index in [1.165, 1.54) is 23.1 Å². The molecule has 146 valence electrons. The van der Waals surface area contributed by atoms with E-state index in [1.807, 2.05) is 12.1 Å². The van der Waals surface area contributed by atoms with Gasteiger partial charge in [0, 0.05) is 26.2 Å². The Hall–Kier alpha value is -1.10. The first kappa shape index (κ1) is 20.6. The second kappa shape index (κ2) is 9.90. The molecule has 0 radical (unpaired) electrons. The highest BCUT2D eigenvalue weighted by molar-refractivity contribution is 8.01. The summed E-state index contributed by atoms with van der Waals surface area (Å²) >= 11 is 14.6. The fourth-order valence-electron chi connectivity index (χ4n) is 2.63. The first-order valence-electron chi connectivity index (χ1n) is 8.26. The van der Waals surface area contributed by atoms with Crippen molar-refractivity contribution in [3.63, 3.8) is 0 Å². The summed E-state index contributed by atoms with van der Waals surface area (Å²) in [6.45, 7) is 3.43. The summed E-state index contributed by atoms with van der Waals surface area (Å²) in [5.74, 6) is 0.202. The molecule has 1 aliphatic heterocycles. The Morgan fingerprint density at radius 2 is 2.26 bits per heavy atom. The number of benzene rings is 1. The van der Waals surface area contributed by atoms with Crippen LogP contribution in [-0.4, -0.2) is 59.1 Å². The Bertz CT molecular complexity index is 792. The number of amides is 1. The fraction of sp³-hybridized carbons (Fsp3) is 0.438. The molecule has 1 saturated heterocycles. The molecule has 1 fully saturated rings. The summed E-state index contributed by atoms with van der Waals surface area (Å²) in [6, 6.07) is 5.66. The van der Waals surface area contributed by atoms with Crippen LogP contribution in [0.5, 0.6) is 0 Å². The van der Waals surface area contributed by atoms with E-state index >= 15 is 0 Å². The van der Waals surface area contributed by atoms with Gasteiger partial charge in [-0.05, 0) is 17.7 Å². The highest BCUT2D eigenvalue weighted by Crippen LogP contribution is 2.24. The third kappa shape index (κ3) is 6.48. The monoisotopic (exact) mass is 447 g/mol. The number of hydrogen-bond donors (Lipinski definition) is 2. The number of ether oxygens (including phenoxy) is 1. The van der Waals surface area contributed by atoms with Crippen LogP contribution >= 0.6 is 46.3 Å². The Morgan fingerprint density at radius 1 is 1.41 bits per heavy atom. The summed E-state index contributed by atoms with van der Waals surface area (Å²) in [4.78, 5) is 14.3. The molecule has 1 atom stereocenters. The number of thioether (sulfide) groups is 1. The lowest BCUT2D eigenvalue weighted by atomic mass is 10.2. The highest BCUT2D eigenvalue weighted by atomic mass is 35.5. The normalized spacial score (nSPS) is 17.8. The van der Waals surface area contributed by atoms with Crippen molar-refractivity contribution in [2.75, 3.05) is 37.7 Å². The van der Waals surface area contributed by atoms with Gasteiger partial charge in [-0.15, -0.1) is 10.2 Å². The molecule has 0 aliphatic carbocycles. The van der Waals surface area contributed by atoms with Gasteiger partial charge in [0.2, 0.25) is 11.0 Å². The number of nitrogens with one attached hydrogen (secondary N) is 1. The van der Waals surface area contributed by atoms with Gasteiger partial charge in [0.15, 0.2) is 4.34 Å². The maximum atomic E-state index is 12.0. The molecule has 0 bridgehead atoms. The van der Waals surface area contributed by atoms with E-state index in [-0.39, 0.29) is 17.8 Å². The zero-order chi connectivity index (χ0) is 19.2. The number of carbonyl (C=O) groups excluding carboxylic acids is 1. The minimum atomic E-state index is -0.0704. The Kier molecular flexibility index (Phi) is 7.57. The maximum Gasteiger partial charge on any atom is 0.230 e. The lowest BCUT2D eigenvalue weighted by molar-refractivity contribution is -0.119. The van der Waals surface area contributed by atoms with Gasteiger partial charge in [-0.3, -0.25) is 9.69 Å². The molecule has 3 N–H and O–H groups in total. The van der Waals surface area contributed by atoms with Gasteiger partial charge in [-0.25, -0.2) is 0 Å². The molecule has 1 unspecified atom stereocenters. The largest absolute Gasteiger partial charge is 0.374 e. The van der Waals surface area contributed by atoms with Gasteiger partial charge < -0.3 is 15.8 Å². The van der Waals surface area contributed by atoms with Crippen LogP contribution in [0.25, 0.3) is 0 Å². The van der Waals surface area contributed by atoms with Crippen LogP contribution in [0.1, 0.15) is 5.56 Å². The Labute approximate surface area is 175 Å². The number of rotatable bonds is 7. The van der Waals surface area contributed by atoms with Gasteiger partial charge in [0.1, 0.15) is 0 Å². The third-order valence-electron chi connectivity index (χ3n) is 3.89. The van der Waals surface area contributed by atoms with Gasteiger partial charge in [-0.1, -0.05) is 52.4 Å². The van der Waals surface area contributed by atoms with Crippen molar-refractivity contribution in [2.45, 2.75) is 17.0 Å². The topological polar surface area (TPSA) is 93.4 Å². The van der Waals surface area contributed by atoms with Crippen molar-refractivity contribution >= 4 is 57.3 Å². The van der Waals surface area contributed by atoms with Crippen LogP contribution in [0.3, 0.4) is 0 Å². The molecule has 1 aromatic carbocycles. The molecular weight excluding hydrogens is 429 g/mol. The SMILES string of the molecule is Nc1nnc(SCC(=O)NCC2CN(Cc3ccc(Cl)c(Cl)c3)CCO2)s1. The molecule has 11 heteroatoms. The van der Waals surface area contributed by atoms with Gasteiger partial charge in [0.05, 0.1) is 28.5 Å². The van der Waals surface area contributed by atoms with Crippen LogP contribution in [-0.2, 0) is 16.1 Å². The maximum absolute atomic E-state index is 12.0. The van der Waals surface area contributed by atoms with E-state index in [9.17, 15) is 4.79 Å². The summed E-state index contributed by atoms with van der Waals surface area (Å²) in [7, 11) is 0. The zero-order valence-electron chi connectivity index (χ0n) is 14.4. The van der Waals surface area contributed by atoms with Gasteiger partial charge >= 0.3 is 0 Å². The molecule has 1 amide bonds. The predicted molar refractivity (Wildman–Crippen MR) is 110 cm³/mol. The number of carbonyl (C=O) groups is 1. The van der Waals surface area contributed by atoms with E-state index in [1.54, 1.807) is 6.07 Å². The van der Waals surface area contributed by atoms with Crippen molar-refractivity contribution < 1.29 is 9.53 Å². The zero-order valence-corrected chi connectivity index (χ0v) is 17.5. The number of nitrogen functional groups attached to an aromatic ring is 1. The molecule has 1 aromatic heterocycles. The van der Waals surface area contributed by atoms with Crippen LogP contribution in [0.15, 0.2) is 22.5 Å². The molecule has 2 heterocycles. The number of hydrogen-bond acceptors (Lipinski definition) is 8. The molecule has 2 aromatic rings. The summed E-state index contributed by atoms with van der Waals surface area (Å²) in [5.41, 5.74) is 6.62. The van der Waals surface area contributed by atoms with Crippen LogP contribution < -0.4 is 11.1 Å². The fourth-order valence-corrected chi connectivity index (χ4v) is 4.42. The smallest absolute Gasteiger partial charge is 0.230 e. The Balaban J connectivity index is 1.41. The number of halogens is 2. The van der Waals surface area contributed by atoms with Crippen molar-refractivity contribution in [1.29, 1.82) is 0 Å². The number of morpholine rings is 1. The number of nitrogens with two attached hydrogens (primary N) is 1. The molecule has 7 nitrogen and oxygen atoms in total. The van der Waals surface area contributed by atoms with Crippen molar-refractivity contribution in [1.82, 2.24) is 20.4 Å². The van der Waals surface area contributed by atoms with Crippen molar-refractivity contribution in [3.05, 3.63) is 33.8 Å². The minimum Gasteiger partial charge on any atom is -0.374 e. The average molecular weight is 448 g/mol. The molecule has 27 heavy (non-hydrogen) atoms. The molecule has 0 spiro atoms. The van der Waals surface area contributed by atoms with Gasteiger partial charge in [-0.2, -0.15) is 0 Å². The quantitative estimate of drug-likeness (QED) is 0.629. The summed E-state index contributed by atoms with van der Waals surface area (Å²) in [6.07, 6.45) is -0.0485. The number of anilines is 1. The van der Waals surface area contributed by atoms with Crippen molar-refractivity contribution in [3.8, 4) is 0 Å². The van der Waals surface area contributed by atoms with Gasteiger partial charge in [0.25, 0.3) is 0 Å². The third-order valence-corrected chi connectivity index (χ3v) is 6.51. The van der Waals surface area contributed by atoms with Crippen molar-refractivity contribution in [2.24, 2.45) is 0 Å². The molecule has 0 saturated carbocycles. The van der Waals surface area contributed by atoms with E-state index in [0.29, 0.717) is 32.7 Å². The van der Waals surface area contributed by atoms with Crippen LogP contribution in [0, 0.1) is 0 Å². The van der Waals surface area contributed by atoms with E-state index in [4.69, 9.17) is 33.7 Å². The first-order chi connectivity index (χ1) is 13.0. The highest BCUT2D eigenvalue weighted by Gasteiger charge is 2.21. The predicted octanol–water partition coefficient (Wildman–Crippen LogP) is 2.54. The Morgan fingerprint density at radius 3 is 3.00 bits per heavy atom. The second-order valence-electron chi connectivity index (χ2n) is 5.98. The summed E-state index contributed by atoms with van der Waals surface area (Å²) in [5, 5.41) is 12.0. The van der Waals surface area contributed by atoms with E-state index in [0.717, 1.165) is 25.2 Å². The summed E-state index contributed by atoms with van der Waals surface area (Å²) < 4.78 is 6.44. The molecule has 3 rings (SSSR count). The lowest BCUT2D eigenvalue weighted by Crippen LogP contribution is -2.47. The lowest BCUT2D eigenvalue weighted by Gasteiger charge is -2.33. The minimum absolute atomic E-state index is 0.0485. The van der Waals surface area contributed by atoms with Crippen LogP contribution in [0.4, 0.5) is 5.13 Å². The number of aromatic nitrogens is 2. The average Bonchev–Trinajstić information content (AvgIpc) is 3.07.